The Bertz CT molecular complexity index is 1010. The highest BCUT2D eigenvalue weighted by atomic mass is 16.2. The second-order valence-corrected chi connectivity index (χ2v) is 7.06. The van der Waals surface area contributed by atoms with E-state index in [0.29, 0.717) is 17.7 Å². The molecular weight excluding hydrogens is 350 g/mol. The van der Waals surface area contributed by atoms with Gasteiger partial charge in [-0.1, -0.05) is 12.1 Å². The van der Waals surface area contributed by atoms with Gasteiger partial charge < -0.3 is 9.47 Å². The highest BCUT2D eigenvalue weighted by Gasteiger charge is 2.28. The molecule has 0 saturated carbocycles. The Morgan fingerprint density at radius 2 is 2.18 bits per heavy atom. The molecule has 2 aromatic heterocycles. The van der Waals surface area contributed by atoms with Gasteiger partial charge in [-0.15, -0.1) is 0 Å². The summed E-state index contributed by atoms with van der Waals surface area (Å²) in [6.07, 6.45) is 9.38. The summed E-state index contributed by atoms with van der Waals surface area (Å²) in [6, 6.07) is 13.0. The van der Waals surface area contributed by atoms with Gasteiger partial charge in [0.05, 0.1) is 18.2 Å². The van der Waals surface area contributed by atoms with Crippen LogP contribution in [0.4, 0.5) is 0 Å². The molecule has 0 spiro atoms. The molecule has 0 bridgehead atoms. The lowest BCUT2D eigenvalue weighted by Crippen LogP contribution is -2.39. The van der Waals surface area contributed by atoms with Crippen molar-refractivity contribution in [3.63, 3.8) is 0 Å². The maximum absolute atomic E-state index is 12.9. The molecule has 1 fully saturated rings. The summed E-state index contributed by atoms with van der Waals surface area (Å²) < 4.78 is 2.14. The third-order valence-corrected chi connectivity index (χ3v) is 5.14. The van der Waals surface area contributed by atoms with Crippen LogP contribution in [0.15, 0.2) is 61.2 Å². The van der Waals surface area contributed by atoms with Crippen LogP contribution in [0, 0.1) is 11.3 Å². The minimum atomic E-state index is -0.0211. The van der Waals surface area contributed by atoms with E-state index in [1.807, 2.05) is 29.6 Å². The third kappa shape index (κ3) is 3.79. The Morgan fingerprint density at radius 3 is 3.00 bits per heavy atom. The van der Waals surface area contributed by atoms with E-state index in [0.717, 1.165) is 37.3 Å². The molecule has 1 aliphatic rings. The zero-order chi connectivity index (χ0) is 19.3. The van der Waals surface area contributed by atoms with Crippen LogP contribution in [0.3, 0.4) is 0 Å². The molecule has 1 atom stereocenters. The van der Waals surface area contributed by atoms with Crippen LogP contribution in [-0.2, 0) is 6.54 Å². The van der Waals surface area contributed by atoms with Gasteiger partial charge in [-0.3, -0.25) is 9.78 Å². The van der Waals surface area contributed by atoms with Crippen LogP contribution < -0.4 is 0 Å². The van der Waals surface area contributed by atoms with Gasteiger partial charge in [0.2, 0.25) is 0 Å². The summed E-state index contributed by atoms with van der Waals surface area (Å²) in [5, 5.41) is 9.08. The number of nitrogens with zero attached hydrogens (tertiary/aromatic N) is 5. The van der Waals surface area contributed by atoms with Gasteiger partial charge in [0.25, 0.3) is 5.91 Å². The molecule has 0 N–H and O–H groups in total. The number of pyridine rings is 1. The van der Waals surface area contributed by atoms with Crippen molar-refractivity contribution in [2.75, 3.05) is 13.1 Å². The standard InChI is InChI=1S/C22H21N5O/c23-13-17-4-1-6-19(12-17)22(28)27-10-3-7-20(16-27)21-25-9-11-26(21)15-18-5-2-8-24-14-18/h1-2,4-6,8-9,11-12,14,20H,3,7,10,15-16H2. The van der Waals surface area contributed by atoms with E-state index in [1.54, 1.807) is 30.5 Å². The molecule has 3 heterocycles. The Kier molecular flexibility index (Phi) is 5.16. The zero-order valence-corrected chi connectivity index (χ0v) is 15.5. The molecule has 0 radical (unpaired) electrons. The minimum absolute atomic E-state index is 0.0211. The number of likely N-dealkylation sites (tertiary alicyclic amines) is 1. The summed E-state index contributed by atoms with van der Waals surface area (Å²) in [5.41, 5.74) is 2.20. The van der Waals surface area contributed by atoms with Crippen LogP contribution in [0.2, 0.25) is 0 Å². The zero-order valence-electron chi connectivity index (χ0n) is 15.5. The van der Waals surface area contributed by atoms with Crippen molar-refractivity contribution in [2.45, 2.75) is 25.3 Å². The molecule has 0 aliphatic carbocycles. The number of benzene rings is 1. The van der Waals surface area contributed by atoms with E-state index in [2.05, 4.69) is 26.7 Å². The first kappa shape index (κ1) is 17.9. The fraction of sp³-hybridized carbons (Fsp3) is 0.273. The molecule has 1 aliphatic heterocycles. The van der Waals surface area contributed by atoms with Crippen LogP contribution in [0.5, 0.6) is 0 Å². The van der Waals surface area contributed by atoms with Crippen molar-refractivity contribution in [3.8, 4) is 6.07 Å². The summed E-state index contributed by atoms with van der Waals surface area (Å²) >= 11 is 0. The Hall–Kier alpha value is -3.46. The average Bonchev–Trinajstić information content (AvgIpc) is 3.22. The second-order valence-electron chi connectivity index (χ2n) is 7.06. The molecule has 28 heavy (non-hydrogen) atoms. The van der Waals surface area contributed by atoms with Gasteiger partial charge in [0.1, 0.15) is 5.82 Å². The van der Waals surface area contributed by atoms with Gasteiger partial charge in [-0.2, -0.15) is 5.26 Å². The number of aromatic nitrogens is 3. The smallest absolute Gasteiger partial charge is 0.253 e. The van der Waals surface area contributed by atoms with E-state index in [4.69, 9.17) is 5.26 Å². The predicted octanol–water partition coefficient (Wildman–Crippen LogP) is 3.22. The van der Waals surface area contributed by atoms with E-state index in [1.165, 1.54) is 0 Å². The first-order valence-corrected chi connectivity index (χ1v) is 9.44. The number of amides is 1. The first-order chi connectivity index (χ1) is 13.7. The van der Waals surface area contributed by atoms with E-state index >= 15 is 0 Å². The first-order valence-electron chi connectivity index (χ1n) is 9.44. The van der Waals surface area contributed by atoms with Crippen molar-refractivity contribution >= 4 is 5.91 Å². The lowest BCUT2D eigenvalue weighted by Gasteiger charge is -2.33. The van der Waals surface area contributed by atoms with E-state index in [-0.39, 0.29) is 11.8 Å². The fourth-order valence-corrected chi connectivity index (χ4v) is 3.78. The minimum Gasteiger partial charge on any atom is -0.338 e. The van der Waals surface area contributed by atoms with Crippen molar-refractivity contribution < 1.29 is 4.79 Å². The highest BCUT2D eigenvalue weighted by molar-refractivity contribution is 5.94. The number of carbonyl (C=O) groups excluding carboxylic acids is 1. The summed E-state index contributed by atoms with van der Waals surface area (Å²) in [4.78, 5) is 23.6. The molecule has 1 aromatic carbocycles. The lowest BCUT2D eigenvalue weighted by atomic mass is 9.96. The van der Waals surface area contributed by atoms with Gasteiger partial charge in [-0.25, -0.2) is 4.98 Å². The largest absolute Gasteiger partial charge is 0.338 e. The average molecular weight is 371 g/mol. The number of piperidine rings is 1. The van der Waals surface area contributed by atoms with Gasteiger partial charge in [0.15, 0.2) is 0 Å². The van der Waals surface area contributed by atoms with Crippen molar-refractivity contribution in [1.29, 1.82) is 5.26 Å². The number of carbonyl (C=O) groups is 1. The third-order valence-electron chi connectivity index (χ3n) is 5.14. The lowest BCUT2D eigenvalue weighted by molar-refractivity contribution is 0.0703. The van der Waals surface area contributed by atoms with E-state index < -0.39 is 0 Å². The van der Waals surface area contributed by atoms with Crippen LogP contribution >= 0.6 is 0 Å². The molecule has 6 nitrogen and oxygen atoms in total. The van der Waals surface area contributed by atoms with Gasteiger partial charge >= 0.3 is 0 Å². The summed E-state index contributed by atoms with van der Waals surface area (Å²) in [6.45, 7) is 2.09. The van der Waals surface area contributed by atoms with Crippen molar-refractivity contribution in [1.82, 2.24) is 19.4 Å². The highest BCUT2D eigenvalue weighted by Crippen LogP contribution is 2.27. The predicted molar refractivity (Wildman–Crippen MR) is 105 cm³/mol. The molecule has 6 heteroatoms. The maximum atomic E-state index is 12.9. The molecule has 140 valence electrons. The van der Waals surface area contributed by atoms with Crippen LogP contribution in [0.25, 0.3) is 0 Å². The Morgan fingerprint density at radius 1 is 1.25 bits per heavy atom. The second kappa shape index (κ2) is 8.05. The SMILES string of the molecule is N#Cc1cccc(C(=O)N2CCCC(c3nccn3Cc3cccnc3)C2)c1. The Labute approximate surface area is 164 Å². The Balaban J connectivity index is 1.51. The van der Waals surface area contributed by atoms with Gasteiger partial charge in [-0.05, 0) is 42.7 Å². The van der Waals surface area contributed by atoms with E-state index in [9.17, 15) is 4.79 Å². The molecule has 4 rings (SSSR count). The van der Waals surface area contributed by atoms with Crippen LogP contribution in [-0.4, -0.2) is 38.4 Å². The van der Waals surface area contributed by atoms with Crippen LogP contribution in [0.1, 0.15) is 46.1 Å². The number of hydrogen-bond acceptors (Lipinski definition) is 4. The molecule has 1 unspecified atom stereocenters. The summed E-state index contributed by atoms with van der Waals surface area (Å²) in [5.74, 6) is 1.18. The fourth-order valence-electron chi connectivity index (χ4n) is 3.78. The quantitative estimate of drug-likeness (QED) is 0.706. The number of rotatable bonds is 4. The van der Waals surface area contributed by atoms with Crippen molar-refractivity contribution in [2.24, 2.45) is 0 Å². The maximum Gasteiger partial charge on any atom is 0.253 e. The normalized spacial score (nSPS) is 16.5. The monoisotopic (exact) mass is 371 g/mol. The number of imidazole rings is 1. The molecule has 3 aromatic rings. The number of nitriles is 1. The molecular formula is C22H21N5O. The number of hydrogen-bond donors (Lipinski definition) is 0. The van der Waals surface area contributed by atoms with Crippen molar-refractivity contribution in [3.05, 3.63) is 83.7 Å². The molecule has 1 saturated heterocycles. The molecule has 1 amide bonds. The summed E-state index contributed by atoms with van der Waals surface area (Å²) in [7, 11) is 0. The van der Waals surface area contributed by atoms with Gasteiger partial charge in [0, 0.05) is 49.4 Å². The topological polar surface area (TPSA) is 74.8 Å².